The van der Waals surface area contributed by atoms with Crippen molar-refractivity contribution in [1.29, 1.82) is 0 Å². The number of allylic oxidation sites excluding steroid dienone is 4. The smallest absolute Gasteiger partial charge is 0.0809 e. The molecule has 0 atom stereocenters. The van der Waals surface area contributed by atoms with E-state index in [1.54, 1.807) is 0 Å². The Hall–Kier alpha value is -2.02. The molecule has 0 nitrogen and oxygen atoms in total. The molecule has 24 heavy (non-hydrogen) atoms. The van der Waals surface area contributed by atoms with Gasteiger partial charge in [-0.05, 0) is 0 Å². The summed E-state index contributed by atoms with van der Waals surface area (Å²) in [6.07, 6.45) is 10.0. The third-order valence-electron chi connectivity index (χ3n) is 2.98. The molecular formula is C23H23Ti-3. The summed E-state index contributed by atoms with van der Waals surface area (Å²) in [7, 11) is 0. The van der Waals surface area contributed by atoms with Gasteiger partial charge in [0.05, 0.1) is 0 Å². The van der Waals surface area contributed by atoms with Gasteiger partial charge in [-0.15, -0.1) is 48.2 Å². The average molecular weight is 347 g/mol. The molecule has 0 unspecified atom stereocenters. The zero-order valence-corrected chi connectivity index (χ0v) is 15.7. The van der Waals surface area contributed by atoms with E-state index in [9.17, 15) is 0 Å². The summed E-state index contributed by atoms with van der Waals surface area (Å²) in [5, 5.41) is 2.66. The normalized spacial score (nSPS) is 10.5. The maximum atomic E-state index is 3.72. The molecule has 1 aliphatic rings. The van der Waals surface area contributed by atoms with Crippen molar-refractivity contribution in [3.8, 4) is 0 Å². The zero-order chi connectivity index (χ0) is 17.5. The summed E-state index contributed by atoms with van der Waals surface area (Å²) in [5.74, 6) is 0. The molecule has 0 heterocycles. The van der Waals surface area contributed by atoms with Gasteiger partial charge in [0, 0.05) is 0 Å². The van der Waals surface area contributed by atoms with Crippen LogP contribution in [-0.4, -0.2) is 4.31 Å². The van der Waals surface area contributed by atoms with Crippen LogP contribution in [0, 0.1) is 13.0 Å². The molecule has 3 aromatic carbocycles. The van der Waals surface area contributed by atoms with Crippen LogP contribution < -0.4 is 0 Å². The minimum absolute atomic E-state index is 1.01. The van der Waals surface area contributed by atoms with E-state index in [1.165, 1.54) is 10.8 Å². The van der Waals surface area contributed by atoms with Gasteiger partial charge in [-0.2, -0.15) is 48.2 Å². The maximum Gasteiger partial charge on any atom is -0.0809 e. The molecule has 1 aliphatic carbocycles. The summed E-state index contributed by atoms with van der Waals surface area (Å²) in [6.45, 7) is 5.72. The second-order valence-electron chi connectivity index (χ2n) is 4.93. The number of hydrogen-bond donors (Lipinski definition) is 0. The van der Waals surface area contributed by atoms with Crippen molar-refractivity contribution in [2.45, 2.75) is 13.3 Å². The third kappa shape index (κ3) is 9.20. The fraction of sp³-hybridized carbons (Fsp3) is 0.0870. The Morgan fingerprint density at radius 1 is 1.04 bits per heavy atom. The molecule has 0 N–H and O–H groups in total. The SMILES string of the molecule is C[CH]=[Ti].[C-]1=CC=CC1.[CH2-]c1ccccc1.c1ccc2[cH-]ccc2c1. The fourth-order valence-electron chi connectivity index (χ4n) is 1.89. The first kappa shape index (κ1) is 20.0. The van der Waals surface area contributed by atoms with Crippen LogP contribution in [0.5, 0.6) is 0 Å². The molecule has 0 amide bonds. The number of benzene rings is 2. The second-order valence-corrected chi connectivity index (χ2v) is 5.83. The first-order valence-corrected chi connectivity index (χ1v) is 8.82. The van der Waals surface area contributed by atoms with E-state index in [0.717, 1.165) is 12.0 Å². The summed E-state index contributed by atoms with van der Waals surface area (Å²) in [5.41, 5.74) is 1.07. The second kappa shape index (κ2) is 13.4. The topological polar surface area (TPSA) is 0 Å². The van der Waals surface area contributed by atoms with Gasteiger partial charge in [-0.1, -0.05) is 12.1 Å². The largest absolute Gasteiger partial charge is 0.273 e. The molecule has 0 aromatic heterocycles. The standard InChI is InChI=1S/C9H7.C7H7.C5H5.C2H4.Ti/c1-2-5-9-7-3-6-8(9)4-1;1-7-5-3-2-4-6-7;1-2-4-5-3-1;1-2;/h1-7H;2-6H,1H2;1-3H,4H2;1H,2H3;/q3*-1;;. The first-order valence-electron chi connectivity index (χ1n) is 7.92. The molecular weight excluding hydrogens is 324 g/mol. The molecule has 0 saturated heterocycles. The van der Waals surface area contributed by atoms with E-state index in [0.29, 0.717) is 0 Å². The van der Waals surface area contributed by atoms with Crippen LogP contribution in [0.15, 0.2) is 91.0 Å². The van der Waals surface area contributed by atoms with E-state index in [2.05, 4.69) is 61.5 Å². The molecule has 1 heteroatoms. The Bertz CT molecular complexity index is 693. The Morgan fingerprint density at radius 2 is 1.71 bits per heavy atom. The summed E-state index contributed by atoms with van der Waals surface area (Å²) < 4.78 is 2.00. The Kier molecular flexibility index (Phi) is 11.2. The van der Waals surface area contributed by atoms with Gasteiger partial charge in [0.1, 0.15) is 0 Å². The Balaban J connectivity index is 0.000000172. The monoisotopic (exact) mass is 347 g/mol. The molecule has 0 aliphatic heterocycles. The van der Waals surface area contributed by atoms with Crippen molar-refractivity contribution in [2.75, 3.05) is 0 Å². The van der Waals surface area contributed by atoms with E-state index >= 15 is 0 Å². The van der Waals surface area contributed by atoms with Crippen LogP contribution >= 0.6 is 0 Å². The van der Waals surface area contributed by atoms with Crippen molar-refractivity contribution in [3.05, 3.63) is 110 Å². The minimum Gasteiger partial charge on any atom is -0.273 e. The maximum absolute atomic E-state index is 3.72. The van der Waals surface area contributed by atoms with E-state index in [1.807, 2.05) is 73.7 Å². The van der Waals surface area contributed by atoms with Gasteiger partial charge < -0.3 is 0 Å². The molecule has 0 spiro atoms. The van der Waals surface area contributed by atoms with Gasteiger partial charge in [-0.3, -0.25) is 6.08 Å². The van der Waals surface area contributed by atoms with Gasteiger partial charge >= 0.3 is 31.2 Å². The summed E-state index contributed by atoms with van der Waals surface area (Å²) in [6, 6.07) is 24.5. The molecule has 122 valence electrons. The van der Waals surface area contributed by atoms with Crippen LogP contribution in [0.4, 0.5) is 0 Å². The molecule has 0 radical (unpaired) electrons. The predicted molar refractivity (Wildman–Crippen MR) is 104 cm³/mol. The van der Waals surface area contributed by atoms with E-state index in [4.69, 9.17) is 0 Å². The minimum atomic E-state index is 1.01. The molecule has 0 bridgehead atoms. The number of rotatable bonds is 0. The van der Waals surface area contributed by atoms with Crippen molar-refractivity contribution in [2.24, 2.45) is 0 Å². The summed E-state index contributed by atoms with van der Waals surface area (Å²) in [4.78, 5) is 0. The number of hydrogen-bond acceptors (Lipinski definition) is 0. The fourth-order valence-corrected chi connectivity index (χ4v) is 1.89. The van der Waals surface area contributed by atoms with Crippen LogP contribution in [0.3, 0.4) is 0 Å². The molecule has 4 rings (SSSR count). The first-order chi connectivity index (χ1) is 11.8. The van der Waals surface area contributed by atoms with E-state index < -0.39 is 0 Å². The van der Waals surface area contributed by atoms with Crippen molar-refractivity contribution < 1.29 is 20.0 Å². The quantitative estimate of drug-likeness (QED) is 0.341. The van der Waals surface area contributed by atoms with Gasteiger partial charge in [0.15, 0.2) is 0 Å². The Labute approximate surface area is 157 Å². The van der Waals surface area contributed by atoms with Crippen molar-refractivity contribution in [1.82, 2.24) is 0 Å². The van der Waals surface area contributed by atoms with Gasteiger partial charge in [-0.25, -0.2) is 12.2 Å². The molecule has 0 fully saturated rings. The van der Waals surface area contributed by atoms with Crippen molar-refractivity contribution in [3.63, 3.8) is 0 Å². The average Bonchev–Trinajstić information content (AvgIpc) is 3.32. The van der Waals surface area contributed by atoms with Crippen LogP contribution in [0.2, 0.25) is 0 Å². The van der Waals surface area contributed by atoms with Crippen molar-refractivity contribution >= 4 is 15.1 Å². The third-order valence-corrected chi connectivity index (χ3v) is 2.98. The molecule has 3 aromatic rings. The van der Waals surface area contributed by atoms with Gasteiger partial charge in [0.25, 0.3) is 0 Å². The summed E-state index contributed by atoms with van der Waals surface area (Å²) >= 11 is 2.00. The predicted octanol–water partition coefficient (Wildman–Crippen LogP) is 6.09. The Morgan fingerprint density at radius 3 is 2.17 bits per heavy atom. The van der Waals surface area contributed by atoms with E-state index in [-0.39, 0.29) is 0 Å². The zero-order valence-electron chi connectivity index (χ0n) is 14.2. The van der Waals surface area contributed by atoms with Gasteiger partial charge in [0.2, 0.25) is 0 Å². The molecule has 0 saturated carbocycles. The van der Waals surface area contributed by atoms with Crippen LogP contribution in [-0.2, 0) is 20.0 Å². The number of fused-ring (bicyclic) bond motifs is 1. The van der Waals surface area contributed by atoms with Crippen LogP contribution in [0.25, 0.3) is 10.8 Å². The van der Waals surface area contributed by atoms with Crippen LogP contribution in [0.1, 0.15) is 18.9 Å².